The molecular weight excluding hydrogens is 248 g/mol. The van der Waals surface area contributed by atoms with Crippen molar-refractivity contribution in [3.63, 3.8) is 0 Å². The van der Waals surface area contributed by atoms with E-state index in [0.29, 0.717) is 19.2 Å². The molecule has 2 bridgehead atoms. The van der Waals surface area contributed by atoms with Crippen LogP contribution < -0.4 is 11.1 Å². The molecule has 3 heteroatoms. The Bertz CT molecular complexity index is 642. The molecule has 102 valence electrons. The fraction of sp³-hybridized carbons (Fsp3) is 0.294. The summed E-state index contributed by atoms with van der Waals surface area (Å²) in [5.41, 5.74) is 10.3. The summed E-state index contributed by atoms with van der Waals surface area (Å²) in [7, 11) is 0. The van der Waals surface area contributed by atoms with E-state index >= 15 is 0 Å². The van der Waals surface area contributed by atoms with Crippen LogP contribution >= 0.6 is 0 Å². The summed E-state index contributed by atoms with van der Waals surface area (Å²) in [4.78, 5) is 0. The number of nitrogens with one attached hydrogen (secondary N) is 1. The molecule has 3 N–H and O–H groups in total. The first-order valence-electron chi connectivity index (χ1n) is 7.14. The lowest BCUT2D eigenvalue weighted by atomic mass is 9.90. The van der Waals surface area contributed by atoms with Gasteiger partial charge in [0, 0.05) is 23.7 Å². The van der Waals surface area contributed by atoms with Crippen LogP contribution in [0.25, 0.3) is 0 Å². The van der Waals surface area contributed by atoms with Gasteiger partial charge in [-0.05, 0) is 17.5 Å². The van der Waals surface area contributed by atoms with Crippen LogP contribution in [0, 0.1) is 0 Å². The molecule has 2 atom stereocenters. The van der Waals surface area contributed by atoms with Gasteiger partial charge in [0.1, 0.15) is 0 Å². The summed E-state index contributed by atoms with van der Waals surface area (Å²) in [6.45, 7) is 1.07. The van der Waals surface area contributed by atoms with Gasteiger partial charge < -0.3 is 10.5 Å². The molecule has 0 fully saturated rings. The van der Waals surface area contributed by atoms with Gasteiger partial charge in [-0.2, -0.15) is 0 Å². The maximum absolute atomic E-state index is 6.23. The molecule has 0 saturated heterocycles. The first kappa shape index (κ1) is 12.1. The molecule has 2 aliphatic heterocycles. The average Bonchev–Trinajstić information content (AvgIpc) is 2.77. The molecule has 0 saturated carbocycles. The quantitative estimate of drug-likeness (QED) is 0.894. The van der Waals surface area contributed by atoms with E-state index in [-0.39, 0.29) is 0 Å². The topological polar surface area (TPSA) is 47.3 Å². The molecule has 2 heterocycles. The minimum atomic E-state index is -0.518. The zero-order valence-corrected chi connectivity index (χ0v) is 11.3. The molecule has 0 aromatic heterocycles. The summed E-state index contributed by atoms with van der Waals surface area (Å²) in [5.74, 6) is 0. The van der Waals surface area contributed by atoms with E-state index in [4.69, 9.17) is 10.5 Å². The van der Waals surface area contributed by atoms with Crippen LogP contribution in [0.4, 0.5) is 0 Å². The number of benzene rings is 2. The number of fused-ring (bicyclic) bond motifs is 7. The molecule has 0 aliphatic carbocycles. The van der Waals surface area contributed by atoms with Crippen LogP contribution in [0.2, 0.25) is 0 Å². The number of nitrogens with two attached hydrogens (primary N) is 1. The lowest BCUT2D eigenvalue weighted by molar-refractivity contribution is -0.0433. The van der Waals surface area contributed by atoms with Gasteiger partial charge in [-0.3, -0.25) is 5.32 Å². The van der Waals surface area contributed by atoms with Gasteiger partial charge in [0.2, 0.25) is 0 Å². The van der Waals surface area contributed by atoms with Crippen LogP contribution in [0.5, 0.6) is 0 Å². The van der Waals surface area contributed by atoms with E-state index in [9.17, 15) is 0 Å². The van der Waals surface area contributed by atoms with Crippen LogP contribution in [0.15, 0.2) is 48.5 Å². The molecule has 2 aromatic rings. The fourth-order valence-corrected chi connectivity index (χ4v) is 3.58. The smallest absolute Gasteiger partial charge is 0.172 e. The van der Waals surface area contributed by atoms with E-state index in [1.54, 1.807) is 0 Å². The normalized spacial score (nSPS) is 26.1. The third kappa shape index (κ3) is 1.51. The Morgan fingerprint density at radius 2 is 1.85 bits per heavy atom. The summed E-state index contributed by atoms with van der Waals surface area (Å²) in [6, 6.07) is 17.4. The number of hydrogen-bond acceptors (Lipinski definition) is 3. The predicted molar refractivity (Wildman–Crippen MR) is 78.3 cm³/mol. The molecule has 3 nitrogen and oxygen atoms in total. The molecule has 4 rings (SSSR count). The highest BCUT2D eigenvalue weighted by molar-refractivity contribution is 5.53. The Hall–Kier alpha value is -1.68. The van der Waals surface area contributed by atoms with E-state index in [0.717, 1.165) is 6.42 Å². The molecule has 0 spiro atoms. The van der Waals surface area contributed by atoms with Crippen molar-refractivity contribution in [1.29, 1.82) is 0 Å². The van der Waals surface area contributed by atoms with Gasteiger partial charge in [-0.25, -0.2) is 0 Å². The largest absolute Gasteiger partial charge is 0.351 e. The molecule has 0 radical (unpaired) electrons. The summed E-state index contributed by atoms with van der Waals surface area (Å²) in [5, 5.41) is 3.68. The summed E-state index contributed by atoms with van der Waals surface area (Å²) in [6.07, 6.45) is 1.01. The maximum Gasteiger partial charge on any atom is 0.172 e. The summed E-state index contributed by atoms with van der Waals surface area (Å²) >= 11 is 0. The lowest BCUT2D eigenvalue weighted by Crippen LogP contribution is -2.47. The van der Waals surface area contributed by atoms with E-state index in [2.05, 4.69) is 53.8 Å². The third-order valence-electron chi connectivity index (χ3n) is 4.35. The molecule has 0 amide bonds. The zero-order valence-electron chi connectivity index (χ0n) is 11.3. The van der Waals surface area contributed by atoms with Crippen LogP contribution in [0.3, 0.4) is 0 Å². The van der Waals surface area contributed by atoms with Crippen molar-refractivity contribution < 1.29 is 4.74 Å². The van der Waals surface area contributed by atoms with Crippen molar-refractivity contribution in [3.05, 3.63) is 70.8 Å². The van der Waals surface area contributed by atoms with Crippen LogP contribution in [-0.4, -0.2) is 13.2 Å². The molecular formula is C17H18N2O. The highest BCUT2D eigenvalue weighted by Crippen LogP contribution is 2.48. The Morgan fingerprint density at radius 3 is 2.70 bits per heavy atom. The second-order valence-electron chi connectivity index (χ2n) is 5.46. The number of hydrogen-bond donors (Lipinski definition) is 2. The second kappa shape index (κ2) is 4.42. The molecule has 20 heavy (non-hydrogen) atoms. The predicted octanol–water partition coefficient (Wildman–Crippen LogP) is 2.06. The van der Waals surface area contributed by atoms with Gasteiger partial charge in [-0.15, -0.1) is 0 Å². The minimum Gasteiger partial charge on any atom is -0.351 e. The van der Waals surface area contributed by atoms with Gasteiger partial charge in [0.05, 0.1) is 6.61 Å². The van der Waals surface area contributed by atoms with E-state index in [1.807, 2.05) is 0 Å². The third-order valence-corrected chi connectivity index (χ3v) is 4.35. The number of ether oxygens (including phenoxy) is 1. The highest BCUT2D eigenvalue weighted by atomic mass is 16.5. The van der Waals surface area contributed by atoms with Crippen molar-refractivity contribution in [3.8, 4) is 0 Å². The average molecular weight is 266 g/mol. The number of rotatable bonds is 3. The minimum absolute atomic E-state index is 0.332. The first-order chi connectivity index (χ1) is 9.85. The fourth-order valence-electron chi connectivity index (χ4n) is 3.58. The van der Waals surface area contributed by atoms with Gasteiger partial charge in [0.15, 0.2) is 5.72 Å². The highest BCUT2D eigenvalue weighted by Gasteiger charge is 2.49. The Morgan fingerprint density at radius 1 is 1.10 bits per heavy atom. The van der Waals surface area contributed by atoms with Crippen LogP contribution in [0.1, 0.15) is 28.3 Å². The maximum atomic E-state index is 6.23. The Labute approximate surface area is 118 Å². The monoisotopic (exact) mass is 266 g/mol. The van der Waals surface area contributed by atoms with E-state index in [1.165, 1.54) is 22.3 Å². The Balaban J connectivity index is 1.94. The molecule has 2 aliphatic rings. The molecule has 2 aromatic carbocycles. The first-order valence-corrected chi connectivity index (χ1v) is 7.14. The summed E-state index contributed by atoms with van der Waals surface area (Å²) < 4.78 is 6.23. The van der Waals surface area contributed by atoms with Crippen molar-refractivity contribution in [2.24, 2.45) is 5.73 Å². The van der Waals surface area contributed by atoms with Crippen molar-refractivity contribution in [1.82, 2.24) is 5.32 Å². The lowest BCUT2D eigenvalue weighted by Gasteiger charge is -2.37. The zero-order chi connectivity index (χ0) is 13.6. The molecule has 2 unspecified atom stereocenters. The van der Waals surface area contributed by atoms with Crippen molar-refractivity contribution >= 4 is 0 Å². The second-order valence-corrected chi connectivity index (χ2v) is 5.46. The van der Waals surface area contributed by atoms with Crippen LogP contribution in [-0.2, 0) is 16.9 Å². The van der Waals surface area contributed by atoms with Crippen molar-refractivity contribution in [2.75, 3.05) is 13.2 Å². The standard InChI is InChI=1S/C17H18N2O/c18-9-10-20-17-14-7-3-1-5-12(14)11-16(19-17)13-6-2-4-8-15(13)17/h1-8,16,19H,9-11,18H2. The van der Waals surface area contributed by atoms with E-state index < -0.39 is 5.72 Å². The van der Waals surface area contributed by atoms with Gasteiger partial charge in [-0.1, -0.05) is 48.5 Å². The SMILES string of the molecule is NCCOC12NC(Cc3ccccc31)c1ccccc12. The van der Waals surface area contributed by atoms with Gasteiger partial charge >= 0.3 is 0 Å². The Kier molecular flexibility index (Phi) is 2.67. The van der Waals surface area contributed by atoms with Crippen molar-refractivity contribution in [2.45, 2.75) is 18.2 Å². The van der Waals surface area contributed by atoms with Gasteiger partial charge in [0.25, 0.3) is 0 Å².